The van der Waals surface area contributed by atoms with Crippen LogP contribution in [0.3, 0.4) is 0 Å². The second-order valence-electron chi connectivity index (χ2n) is 5.35. The molecule has 1 aliphatic heterocycles. The van der Waals surface area contributed by atoms with E-state index in [-0.39, 0.29) is 25.5 Å². The molecule has 2 rings (SSSR count). The topological polar surface area (TPSA) is 81.0 Å². The van der Waals surface area contributed by atoms with Gasteiger partial charge in [0.05, 0.1) is 19.9 Å². The summed E-state index contributed by atoms with van der Waals surface area (Å²) in [7, 11) is 1.13. The van der Waals surface area contributed by atoms with Crippen LogP contribution in [0.1, 0.15) is 18.6 Å². The van der Waals surface area contributed by atoms with Gasteiger partial charge in [-0.25, -0.2) is 14.0 Å². The predicted octanol–water partition coefficient (Wildman–Crippen LogP) is 1.48. The standard InChI is InChI=1S/C15H21FN2O5/c1-21-13(19)15(16)5-7-18(11-15)14(20)17-6-3-8-22-10-12-4-2-9-23-12/h2,4,9H,3,5-8,10-11H2,1H3,(H,17,20)/t15-/m0/s1. The molecule has 0 spiro atoms. The summed E-state index contributed by atoms with van der Waals surface area (Å²) in [4.78, 5) is 24.5. The Morgan fingerprint density at radius 2 is 2.35 bits per heavy atom. The molecule has 7 nitrogen and oxygen atoms in total. The summed E-state index contributed by atoms with van der Waals surface area (Å²) in [6, 6.07) is 3.22. The quantitative estimate of drug-likeness (QED) is 0.606. The Bertz CT molecular complexity index is 522. The number of rotatable bonds is 7. The first-order valence-electron chi connectivity index (χ1n) is 7.45. The van der Waals surface area contributed by atoms with Gasteiger partial charge in [0, 0.05) is 26.1 Å². The summed E-state index contributed by atoms with van der Waals surface area (Å²) in [6.07, 6.45) is 2.16. The lowest BCUT2D eigenvalue weighted by Crippen LogP contribution is -2.43. The van der Waals surface area contributed by atoms with Gasteiger partial charge in [-0.2, -0.15) is 0 Å². The van der Waals surface area contributed by atoms with Crippen LogP contribution in [0.15, 0.2) is 22.8 Å². The molecule has 0 saturated carbocycles. The third kappa shape index (κ3) is 4.69. The van der Waals surface area contributed by atoms with Gasteiger partial charge in [0.1, 0.15) is 12.4 Å². The minimum atomic E-state index is -2.10. The van der Waals surface area contributed by atoms with E-state index in [1.165, 1.54) is 4.90 Å². The van der Waals surface area contributed by atoms with Crippen molar-refractivity contribution in [1.82, 2.24) is 10.2 Å². The van der Waals surface area contributed by atoms with E-state index in [0.717, 1.165) is 12.9 Å². The number of esters is 1. The molecular formula is C15H21FN2O5. The molecule has 0 aliphatic carbocycles. The first-order valence-corrected chi connectivity index (χ1v) is 7.45. The Morgan fingerprint density at radius 3 is 3.04 bits per heavy atom. The molecule has 0 aromatic carbocycles. The maximum atomic E-state index is 14.2. The van der Waals surface area contributed by atoms with Crippen LogP contribution < -0.4 is 5.32 Å². The zero-order chi connectivity index (χ0) is 16.7. The van der Waals surface area contributed by atoms with Gasteiger partial charge in [0.25, 0.3) is 0 Å². The lowest BCUT2D eigenvalue weighted by molar-refractivity contribution is -0.153. The molecule has 1 N–H and O–H groups in total. The van der Waals surface area contributed by atoms with Gasteiger partial charge in [-0.05, 0) is 18.6 Å². The zero-order valence-corrected chi connectivity index (χ0v) is 13.0. The second-order valence-corrected chi connectivity index (χ2v) is 5.35. The minimum Gasteiger partial charge on any atom is -0.467 e. The van der Waals surface area contributed by atoms with Crippen molar-refractivity contribution in [2.24, 2.45) is 0 Å². The van der Waals surface area contributed by atoms with E-state index in [2.05, 4.69) is 10.1 Å². The van der Waals surface area contributed by atoms with Crippen molar-refractivity contribution in [3.8, 4) is 0 Å². The molecule has 1 aromatic heterocycles. The highest BCUT2D eigenvalue weighted by molar-refractivity contribution is 5.82. The monoisotopic (exact) mass is 328 g/mol. The number of amides is 2. The molecule has 1 fully saturated rings. The summed E-state index contributed by atoms with van der Waals surface area (Å²) in [5, 5.41) is 2.68. The number of urea groups is 1. The number of ether oxygens (including phenoxy) is 2. The van der Waals surface area contributed by atoms with E-state index in [4.69, 9.17) is 9.15 Å². The first-order chi connectivity index (χ1) is 11.0. The minimum absolute atomic E-state index is 0.0423. The Balaban J connectivity index is 1.59. The average Bonchev–Trinajstić information content (AvgIpc) is 3.20. The van der Waals surface area contributed by atoms with E-state index < -0.39 is 11.6 Å². The fourth-order valence-corrected chi connectivity index (χ4v) is 2.34. The Hall–Kier alpha value is -2.09. The molecule has 0 radical (unpaired) electrons. The molecule has 1 atom stereocenters. The number of alkyl halides is 1. The smallest absolute Gasteiger partial charge is 0.345 e. The normalized spacial score (nSPS) is 20.5. The number of carbonyl (C=O) groups excluding carboxylic acids is 2. The van der Waals surface area contributed by atoms with Crippen LogP contribution in [0.25, 0.3) is 0 Å². The number of nitrogens with one attached hydrogen (secondary N) is 1. The molecule has 2 amide bonds. The Morgan fingerprint density at radius 1 is 1.52 bits per heavy atom. The summed E-state index contributed by atoms with van der Waals surface area (Å²) in [5.74, 6) is -0.188. The second kappa shape index (κ2) is 7.96. The molecule has 1 aliphatic rings. The number of halogens is 1. The summed E-state index contributed by atoms with van der Waals surface area (Å²) in [5.41, 5.74) is -2.10. The van der Waals surface area contributed by atoms with Gasteiger partial charge >= 0.3 is 12.0 Å². The highest BCUT2D eigenvalue weighted by Gasteiger charge is 2.47. The summed E-state index contributed by atoms with van der Waals surface area (Å²) < 4.78 is 29.1. The van der Waals surface area contributed by atoms with Crippen LogP contribution in [0.2, 0.25) is 0 Å². The first kappa shape index (κ1) is 17.3. The molecule has 8 heteroatoms. The van der Waals surface area contributed by atoms with E-state index >= 15 is 0 Å². The van der Waals surface area contributed by atoms with Crippen LogP contribution in [0.4, 0.5) is 9.18 Å². The van der Waals surface area contributed by atoms with Crippen molar-refractivity contribution in [3.05, 3.63) is 24.2 Å². The van der Waals surface area contributed by atoms with Crippen molar-refractivity contribution >= 4 is 12.0 Å². The molecule has 1 aromatic rings. The van der Waals surface area contributed by atoms with Crippen molar-refractivity contribution in [3.63, 3.8) is 0 Å². The lowest BCUT2D eigenvalue weighted by atomic mass is 10.1. The third-order valence-corrected chi connectivity index (χ3v) is 3.62. The Labute approximate surface area is 133 Å². The van der Waals surface area contributed by atoms with Crippen LogP contribution >= 0.6 is 0 Å². The molecular weight excluding hydrogens is 307 g/mol. The number of furan rings is 1. The van der Waals surface area contributed by atoms with Crippen molar-refractivity contribution in [2.75, 3.05) is 33.4 Å². The maximum Gasteiger partial charge on any atom is 0.345 e. The van der Waals surface area contributed by atoms with E-state index in [1.54, 1.807) is 12.3 Å². The van der Waals surface area contributed by atoms with Crippen LogP contribution in [0.5, 0.6) is 0 Å². The van der Waals surface area contributed by atoms with Crippen LogP contribution in [0, 0.1) is 0 Å². The SMILES string of the molecule is COC(=O)[C@]1(F)CCN(C(=O)NCCCOCc2ccco2)C1. The number of methoxy groups -OCH3 is 1. The number of nitrogens with zero attached hydrogens (tertiary/aromatic N) is 1. The summed E-state index contributed by atoms with van der Waals surface area (Å²) in [6.45, 7) is 1.17. The fourth-order valence-electron chi connectivity index (χ4n) is 2.34. The number of likely N-dealkylation sites (tertiary alicyclic amines) is 1. The molecule has 0 unspecified atom stereocenters. The van der Waals surface area contributed by atoms with E-state index in [0.29, 0.717) is 26.2 Å². The average molecular weight is 328 g/mol. The van der Waals surface area contributed by atoms with Gasteiger partial charge in [-0.1, -0.05) is 0 Å². The largest absolute Gasteiger partial charge is 0.467 e. The zero-order valence-electron chi connectivity index (χ0n) is 13.0. The van der Waals surface area contributed by atoms with E-state index in [9.17, 15) is 14.0 Å². The Kier molecular flexibility index (Phi) is 5.97. The van der Waals surface area contributed by atoms with Gasteiger partial charge in [-0.15, -0.1) is 0 Å². The van der Waals surface area contributed by atoms with Crippen molar-refractivity contribution < 1.29 is 27.9 Å². The van der Waals surface area contributed by atoms with Crippen LogP contribution in [-0.4, -0.2) is 55.9 Å². The van der Waals surface area contributed by atoms with Gasteiger partial charge < -0.3 is 24.1 Å². The highest BCUT2D eigenvalue weighted by Crippen LogP contribution is 2.26. The van der Waals surface area contributed by atoms with Gasteiger partial charge in [0.2, 0.25) is 5.67 Å². The predicted molar refractivity (Wildman–Crippen MR) is 78.4 cm³/mol. The van der Waals surface area contributed by atoms with Crippen molar-refractivity contribution in [2.45, 2.75) is 25.1 Å². The molecule has 1 saturated heterocycles. The van der Waals surface area contributed by atoms with Gasteiger partial charge in [-0.3, -0.25) is 0 Å². The van der Waals surface area contributed by atoms with Gasteiger partial charge in [0.15, 0.2) is 0 Å². The molecule has 23 heavy (non-hydrogen) atoms. The molecule has 2 heterocycles. The number of hydrogen-bond acceptors (Lipinski definition) is 5. The maximum absolute atomic E-state index is 14.2. The van der Waals surface area contributed by atoms with E-state index in [1.807, 2.05) is 6.07 Å². The molecule has 128 valence electrons. The third-order valence-electron chi connectivity index (χ3n) is 3.62. The molecule has 0 bridgehead atoms. The fraction of sp³-hybridized carbons (Fsp3) is 0.600. The number of carbonyl (C=O) groups is 2. The summed E-state index contributed by atoms with van der Waals surface area (Å²) >= 11 is 0. The highest BCUT2D eigenvalue weighted by atomic mass is 19.1. The lowest BCUT2D eigenvalue weighted by Gasteiger charge is -2.19. The van der Waals surface area contributed by atoms with Crippen LogP contribution in [-0.2, 0) is 20.9 Å². The number of hydrogen-bond donors (Lipinski definition) is 1. The van der Waals surface area contributed by atoms with Crippen molar-refractivity contribution in [1.29, 1.82) is 0 Å².